The summed E-state index contributed by atoms with van der Waals surface area (Å²) in [7, 11) is 0. The molecule has 2 rings (SSSR count). The molecule has 0 aliphatic carbocycles. The van der Waals surface area contributed by atoms with E-state index in [4.69, 9.17) is 4.74 Å². The highest BCUT2D eigenvalue weighted by Crippen LogP contribution is 2.27. The molecule has 2 aromatic carbocycles. The fourth-order valence-corrected chi connectivity index (χ4v) is 1.79. The van der Waals surface area contributed by atoms with Gasteiger partial charge >= 0.3 is 0 Å². The zero-order valence-electron chi connectivity index (χ0n) is 10.7. The molecule has 0 spiro atoms. The molecule has 1 unspecified atom stereocenters. The van der Waals surface area contributed by atoms with Crippen LogP contribution in [0.2, 0.25) is 0 Å². The van der Waals surface area contributed by atoms with Crippen LogP contribution in [0.25, 0.3) is 0 Å². The van der Waals surface area contributed by atoms with Gasteiger partial charge < -0.3 is 20.4 Å². The number of benzene rings is 2. The minimum atomic E-state index is -1.19. The van der Waals surface area contributed by atoms with Gasteiger partial charge in [0.25, 0.3) is 0 Å². The van der Waals surface area contributed by atoms with Crippen LogP contribution in [0.3, 0.4) is 0 Å². The Morgan fingerprint density at radius 2 is 1.95 bits per heavy atom. The first-order valence-electron chi connectivity index (χ1n) is 6.11. The molecule has 0 heterocycles. The van der Waals surface area contributed by atoms with Crippen molar-refractivity contribution in [1.82, 2.24) is 0 Å². The number of rotatable bonds is 5. The number of hydrogen-bond donors (Lipinski definition) is 1. The highest BCUT2D eigenvalue weighted by molar-refractivity contribution is 5.65. The highest BCUT2D eigenvalue weighted by atomic mass is 19.1. The second-order valence-electron chi connectivity index (χ2n) is 4.38. The first-order chi connectivity index (χ1) is 9.56. The van der Waals surface area contributed by atoms with Gasteiger partial charge in [-0.25, -0.2) is 4.39 Å². The Balaban J connectivity index is 2.23. The van der Waals surface area contributed by atoms with Crippen molar-refractivity contribution in [1.29, 1.82) is 0 Å². The number of para-hydroxylation sites is 1. The smallest absolute Gasteiger partial charge is 0.165 e. The van der Waals surface area contributed by atoms with Crippen molar-refractivity contribution in [3.8, 4) is 11.5 Å². The molecule has 4 nitrogen and oxygen atoms in total. The molecule has 0 amide bonds. The number of ether oxygens (including phenoxy) is 1. The Morgan fingerprint density at radius 3 is 2.60 bits per heavy atom. The fourth-order valence-electron chi connectivity index (χ4n) is 1.79. The van der Waals surface area contributed by atoms with Gasteiger partial charge in [-0.1, -0.05) is 18.2 Å². The van der Waals surface area contributed by atoms with Gasteiger partial charge in [0.15, 0.2) is 11.6 Å². The molecule has 0 saturated carbocycles. The first-order valence-corrected chi connectivity index (χ1v) is 6.11. The van der Waals surface area contributed by atoms with Crippen molar-refractivity contribution >= 4 is 5.97 Å². The lowest BCUT2D eigenvalue weighted by atomic mass is 10.0. The molecular formula is C15H14FNO3. The summed E-state index contributed by atoms with van der Waals surface area (Å²) >= 11 is 0. The summed E-state index contributed by atoms with van der Waals surface area (Å²) in [6.07, 6.45) is -0.226. The molecule has 20 heavy (non-hydrogen) atoms. The van der Waals surface area contributed by atoms with Crippen LogP contribution >= 0.6 is 0 Å². The number of carbonyl (C=O) groups excluding carboxylic acids is 1. The predicted molar refractivity (Wildman–Crippen MR) is 68.2 cm³/mol. The molecule has 0 bridgehead atoms. The van der Waals surface area contributed by atoms with Gasteiger partial charge in [0.2, 0.25) is 0 Å². The van der Waals surface area contributed by atoms with E-state index >= 15 is 0 Å². The van der Waals surface area contributed by atoms with Gasteiger partial charge in [-0.15, -0.1) is 0 Å². The summed E-state index contributed by atoms with van der Waals surface area (Å²) < 4.78 is 19.1. The number of quaternary nitrogens is 1. The normalized spacial score (nSPS) is 11.9. The van der Waals surface area contributed by atoms with Gasteiger partial charge in [0.1, 0.15) is 11.8 Å². The lowest BCUT2D eigenvalue weighted by Gasteiger charge is -2.12. The second kappa shape index (κ2) is 6.16. The minimum absolute atomic E-state index is 0.0423. The largest absolute Gasteiger partial charge is 0.550 e. The Bertz CT molecular complexity index is 601. The molecule has 5 heteroatoms. The monoisotopic (exact) mass is 275 g/mol. The number of halogens is 1. The van der Waals surface area contributed by atoms with E-state index in [-0.39, 0.29) is 12.2 Å². The van der Waals surface area contributed by atoms with Crippen LogP contribution in [0.15, 0.2) is 48.5 Å². The summed E-state index contributed by atoms with van der Waals surface area (Å²) in [5.74, 6) is -1.16. The highest BCUT2D eigenvalue weighted by Gasteiger charge is 2.14. The molecule has 2 aromatic rings. The van der Waals surface area contributed by atoms with Crippen molar-refractivity contribution in [3.63, 3.8) is 0 Å². The molecule has 104 valence electrons. The Hall–Kier alpha value is -2.40. The maximum atomic E-state index is 13.7. The third-order valence-electron chi connectivity index (χ3n) is 2.81. The lowest BCUT2D eigenvalue weighted by Crippen LogP contribution is -2.55. The van der Waals surface area contributed by atoms with E-state index in [2.05, 4.69) is 5.73 Å². The maximum absolute atomic E-state index is 13.7. The van der Waals surface area contributed by atoms with Crippen molar-refractivity contribution < 1.29 is 24.8 Å². The van der Waals surface area contributed by atoms with Crippen LogP contribution in [0.1, 0.15) is 18.0 Å². The molecule has 0 radical (unpaired) electrons. The summed E-state index contributed by atoms with van der Waals surface area (Å²) in [6.45, 7) is 0. The predicted octanol–water partition coefficient (Wildman–Crippen LogP) is 1.04. The standard InChI is InChI=1S/C15H14FNO3/c16-12-7-6-10(13(17)9-15(18)19)8-14(12)20-11-4-2-1-3-5-11/h1-8,13H,9,17H2,(H,18,19). The summed E-state index contributed by atoms with van der Waals surface area (Å²) in [5, 5.41) is 10.6. The van der Waals surface area contributed by atoms with Crippen molar-refractivity contribution in [2.45, 2.75) is 12.5 Å². The Kier molecular flexibility index (Phi) is 4.32. The van der Waals surface area contributed by atoms with E-state index in [9.17, 15) is 14.3 Å². The molecule has 0 aromatic heterocycles. The minimum Gasteiger partial charge on any atom is -0.550 e. The number of hydrogen-bond acceptors (Lipinski definition) is 3. The van der Waals surface area contributed by atoms with Crippen LogP contribution in [0.5, 0.6) is 11.5 Å². The quantitative estimate of drug-likeness (QED) is 0.885. The van der Waals surface area contributed by atoms with Gasteiger partial charge in [-0.05, 0) is 30.3 Å². The average molecular weight is 275 g/mol. The van der Waals surface area contributed by atoms with E-state index in [0.717, 1.165) is 0 Å². The van der Waals surface area contributed by atoms with Crippen LogP contribution < -0.4 is 15.6 Å². The van der Waals surface area contributed by atoms with Crippen molar-refractivity contribution in [2.24, 2.45) is 0 Å². The van der Waals surface area contributed by atoms with Crippen LogP contribution in [-0.4, -0.2) is 5.97 Å². The topological polar surface area (TPSA) is 77.0 Å². The van der Waals surface area contributed by atoms with Gasteiger partial charge in [-0.2, -0.15) is 0 Å². The van der Waals surface area contributed by atoms with Crippen LogP contribution in [-0.2, 0) is 4.79 Å². The second-order valence-corrected chi connectivity index (χ2v) is 4.38. The molecule has 0 aliphatic heterocycles. The fraction of sp³-hybridized carbons (Fsp3) is 0.133. The van der Waals surface area contributed by atoms with Gasteiger partial charge in [-0.3, -0.25) is 0 Å². The van der Waals surface area contributed by atoms with Gasteiger partial charge in [0.05, 0.1) is 0 Å². The summed E-state index contributed by atoms with van der Waals surface area (Å²) in [4.78, 5) is 10.6. The Morgan fingerprint density at radius 1 is 1.25 bits per heavy atom. The summed E-state index contributed by atoms with van der Waals surface area (Å²) in [6, 6.07) is 12.5. The molecule has 3 N–H and O–H groups in total. The Labute approximate surface area is 115 Å². The number of carboxylic acids is 1. The summed E-state index contributed by atoms with van der Waals surface area (Å²) in [5.41, 5.74) is 4.31. The zero-order chi connectivity index (χ0) is 14.5. The van der Waals surface area contributed by atoms with Crippen LogP contribution in [0, 0.1) is 5.82 Å². The SMILES string of the molecule is [NH3+]C(CC(=O)[O-])c1ccc(F)c(Oc2ccccc2)c1. The van der Waals surface area contributed by atoms with Crippen LogP contribution in [0.4, 0.5) is 4.39 Å². The van der Waals surface area contributed by atoms with Gasteiger partial charge in [0, 0.05) is 18.0 Å². The molecule has 0 fully saturated rings. The lowest BCUT2D eigenvalue weighted by molar-refractivity contribution is -0.430. The van der Waals surface area contributed by atoms with Crippen molar-refractivity contribution in [2.75, 3.05) is 0 Å². The number of carboxylic acid groups (broad SMARTS) is 1. The third-order valence-corrected chi connectivity index (χ3v) is 2.81. The molecule has 0 saturated heterocycles. The van der Waals surface area contributed by atoms with E-state index in [1.807, 2.05) is 6.07 Å². The van der Waals surface area contributed by atoms with Crippen molar-refractivity contribution in [3.05, 3.63) is 59.9 Å². The molecule has 0 aliphatic rings. The van der Waals surface area contributed by atoms with E-state index in [0.29, 0.717) is 11.3 Å². The maximum Gasteiger partial charge on any atom is 0.165 e. The van der Waals surface area contributed by atoms with E-state index in [1.165, 1.54) is 18.2 Å². The zero-order valence-corrected chi connectivity index (χ0v) is 10.7. The first kappa shape index (κ1) is 14.0. The average Bonchev–Trinajstić information content (AvgIpc) is 2.41. The third kappa shape index (κ3) is 3.55. The molecular weight excluding hydrogens is 261 g/mol. The van der Waals surface area contributed by atoms with E-state index in [1.54, 1.807) is 24.3 Å². The number of aliphatic carboxylic acids is 1. The van der Waals surface area contributed by atoms with E-state index < -0.39 is 17.8 Å². The number of carbonyl (C=O) groups is 1. The molecule has 1 atom stereocenters.